The van der Waals surface area contributed by atoms with E-state index in [1.165, 1.54) is 12.8 Å². The Kier molecular flexibility index (Phi) is 6.26. The van der Waals surface area contributed by atoms with Crippen molar-refractivity contribution < 1.29 is 14.6 Å². The number of benzene rings is 1. The Morgan fingerprint density at radius 2 is 1.90 bits per heavy atom. The average Bonchev–Trinajstić information content (AvgIpc) is 3.28. The van der Waals surface area contributed by atoms with Gasteiger partial charge in [0.1, 0.15) is 5.75 Å². The fourth-order valence-corrected chi connectivity index (χ4v) is 5.22. The lowest BCUT2D eigenvalue weighted by molar-refractivity contribution is -0.150. The Morgan fingerprint density at radius 1 is 1.17 bits per heavy atom. The van der Waals surface area contributed by atoms with E-state index in [0.29, 0.717) is 12.5 Å². The van der Waals surface area contributed by atoms with E-state index in [4.69, 9.17) is 4.74 Å². The Balaban J connectivity index is 1.32. The maximum absolute atomic E-state index is 12.8. The number of hydrogen-bond acceptors (Lipinski definition) is 4. The molecule has 0 aromatic heterocycles. The molecule has 2 aliphatic heterocycles. The quantitative estimate of drug-likeness (QED) is 0.828. The molecule has 0 unspecified atom stereocenters. The van der Waals surface area contributed by atoms with Crippen LogP contribution in [0, 0.1) is 11.8 Å². The number of ether oxygens (including phenoxy) is 1. The summed E-state index contributed by atoms with van der Waals surface area (Å²) in [6, 6.07) is 8.05. The van der Waals surface area contributed by atoms with Gasteiger partial charge in [-0.25, -0.2) is 0 Å². The highest BCUT2D eigenvalue weighted by Crippen LogP contribution is 2.37. The fraction of sp³-hybridized carbons (Fsp3) is 0.625. The zero-order chi connectivity index (χ0) is 20.3. The van der Waals surface area contributed by atoms with Gasteiger partial charge in [0.25, 0.3) is 0 Å². The molecular formula is C24H34N2O3. The summed E-state index contributed by atoms with van der Waals surface area (Å²) in [7, 11) is 1.68. The third-order valence-electron chi connectivity index (χ3n) is 7.16. The van der Waals surface area contributed by atoms with E-state index in [-0.39, 0.29) is 11.8 Å². The predicted octanol–water partition coefficient (Wildman–Crippen LogP) is 3.18. The molecule has 5 nitrogen and oxygen atoms in total. The van der Waals surface area contributed by atoms with Gasteiger partial charge < -0.3 is 14.7 Å². The molecule has 0 radical (unpaired) electrons. The molecule has 1 aliphatic carbocycles. The van der Waals surface area contributed by atoms with Gasteiger partial charge in [0.05, 0.1) is 12.7 Å². The number of aliphatic hydroxyl groups is 1. The molecule has 3 fully saturated rings. The van der Waals surface area contributed by atoms with Crippen LogP contribution in [0.5, 0.6) is 5.75 Å². The minimum Gasteiger partial charge on any atom is -0.497 e. The number of carbonyl (C=O) groups excluding carboxylic acids is 1. The third-order valence-corrected chi connectivity index (χ3v) is 7.16. The van der Waals surface area contributed by atoms with Crippen LogP contribution in [0.1, 0.15) is 44.1 Å². The smallest absolute Gasteiger partial charge is 0.225 e. The van der Waals surface area contributed by atoms with Crippen LogP contribution in [-0.4, -0.2) is 66.2 Å². The van der Waals surface area contributed by atoms with Crippen molar-refractivity contribution >= 4 is 12.0 Å². The van der Waals surface area contributed by atoms with Crippen LogP contribution in [0.4, 0.5) is 0 Å². The van der Waals surface area contributed by atoms with Gasteiger partial charge in [0.2, 0.25) is 5.91 Å². The molecule has 1 aromatic carbocycles. The SMILES string of the molecule is COc1ccc(/C=C/CN2CC[C@@]3(O)CCN(C(=O)C4CCCC4)C[C@H]3C2)cc1. The van der Waals surface area contributed by atoms with E-state index in [9.17, 15) is 9.90 Å². The Hall–Kier alpha value is -1.85. The van der Waals surface area contributed by atoms with Crippen LogP contribution in [0.15, 0.2) is 30.3 Å². The summed E-state index contributed by atoms with van der Waals surface area (Å²) in [6.07, 6.45) is 10.3. The van der Waals surface area contributed by atoms with E-state index < -0.39 is 5.60 Å². The predicted molar refractivity (Wildman–Crippen MR) is 115 cm³/mol. The molecule has 29 heavy (non-hydrogen) atoms. The largest absolute Gasteiger partial charge is 0.497 e. The summed E-state index contributed by atoms with van der Waals surface area (Å²) in [5.74, 6) is 1.59. The molecule has 4 rings (SSSR count). The van der Waals surface area contributed by atoms with Crippen LogP contribution in [0.3, 0.4) is 0 Å². The lowest BCUT2D eigenvalue weighted by Crippen LogP contribution is -2.61. The first-order valence-electron chi connectivity index (χ1n) is 11.1. The highest BCUT2D eigenvalue weighted by molar-refractivity contribution is 5.79. The van der Waals surface area contributed by atoms with Crippen LogP contribution >= 0.6 is 0 Å². The number of likely N-dealkylation sites (tertiary alicyclic amines) is 2. The topological polar surface area (TPSA) is 53.0 Å². The minimum absolute atomic E-state index is 0.157. The van der Waals surface area contributed by atoms with E-state index in [0.717, 1.165) is 63.2 Å². The van der Waals surface area contributed by atoms with Crippen molar-refractivity contribution in [2.45, 2.75) is 44.1 Å². The summed E-state index contributed by atoms with van der Waals surface area (Å²) in [5, 5.41) is 11.1. The zero-order valence-corrected chi connectivity index (χ0v) is 17.6. The molecule has 5 heteroatoms. The first-order chi connectivity index (χ1) is 14.1. The number of methoxy groups -OCH3 is 1. The molecule has 2 saturated heterocycles. The molecule has 2 atom stereocenters. The van der Waals surface area contributed by atoms with Crippen molar-refractivity contribution in [3.05, 3.63) is 35.9 Å². The number of rotatable bonds is 5. The zero-order valence-electron chi connectivity index (χ0n) is 17.6. The number of hydrogen-bond donors (Lipinski definition) is 1. The van der Waals surface area contributed by atoms with Crippen molar-refractivity contribution in [2.24, 2.45) is 11.8 Å². The van der Waals surface area contributed by atoms with Crippen molar-refractivity contribution in [3.63, 3.8) is 0 Å². The molecule has 2 heterocycles. The van der Waals surface area contributed by atoms with Gasteiger partial charge in [-0.1, -0.05) is 37.1 Å². The highest BCUT2D eigenvalue weighted by Gasteiger charge is 2.46. The van der Waals surface area contributed by atoms with Crippen molar-refractivity contribution in [1.29, 1.82) is 0 Å². The molecule has 3 aliphatic rings. The lowest BCUT2D eigenvalue weighted by Gasteiger charge is -2.50. The molecular weight excluding hydrogens is 364 g/mol. The highest BCUT2D eigenvalue weighted by atomic mass is 16.5. The van der Waals surface area contributed by atoms with E-state index in [1.54, 1.807) is 7.11 Å². The van der Waals surface area contributed by atoms with E-state index >= 15 is 0 Å². The van der Waals surface area contributed by atoms with Gasteiger partial charge in [0.15, 0.2) is 0 Å². The molecule has 1 saturated carbocycles. The molecule has 1 aromatic rings. The first-order valence-corrected chi connectivity index (χ1v) is 11.1. The summed E-state index contributed by atoms with van der Waals surface area (Å²) >= 11 is 0. The van der Waals surface area contributed by atoms with Gasteiger partial charge in [-0.2, -0.15) is 0 Å². The molecule has 1 amide bonds. The Morgan fingerprint density at radius 3 is 2.62 bits per heavy atom. The van der Waals surface area contributed by atoms with E-state index in [1.807, 2.05) is 17.0 Å². The summed E-state index contributed by atoms with van der Waals surface area (Å²) in [6.45, 7) is 4.08. The Labute approximate surface area is 174 Å². The van der Waals surface area contributed by atoms with Crippen LogP contribution in [0.25, 0.3) is 6.08 Å². The summed E-state index contributed by atoms with van der Waals surface area (Å²) in [5.41, 5.74) is 0.563. The number of piperidine rings is 2. The van der Waals surface area contributed by atoms with Crippen LogP contribution in [-0.2, 0) is 4.79 Å². The van der Waals surface area contributed by atoms with Crippen LogP contribution in [0.2, 0.25) is 0 Å². The standard InChI is InChI=1S/C24H34N2O3/c1-29-22-10-8-19(9-11-22)5-4-14-25-15-12-24(28)13-16-26(18-21(24)17-25)23(27)20-6-2-3-7-20/h4-5,8-11,20-21,28H,2-3,6-7,12-18H2,1H3/b5-4+/t21-,24-/m1/s1. The summed E-state index contributed by atoms with van der Waals surface area (Å²) in [4.78, 5) is 17.3. The van der Waals surface area contributed by atoms with E-state index in [2.05, 4.69) is 29.2 Å². The normalized spacial score (nSPS) is 28.6. The molecule has 0 bridgehead atoms. The average molecular weight is 399 g/mol. The van der Waals surface area contributed by atoms with Crippen molar-refractivity contribution in [2.75, 3.05) is 39.8 Å². The minimum atomic E-state index is -0.595. The third kappa shape index (κ3) is 4.67. The molecule has 1 N–H and O–H groups in total. The van der Waals surface area contributed by atoms with Gasteiger partial charge in [-0.05, 0) is 43.4 Å². The first kappa shape index (κ1) is 20.4. The second-order valence-electron chi connectivity index (χ2n) is 9.00. The summed E-state index contributed by atoms with van der Waals surface area (Å²) < 4.78 is 5.20. The number of carbonyl (C=O) groups is 1. The number of fused-ring (bicyclic) bond motifs is 1. The van der Waals surface area contributed by atoms with Crippen LogP contribution < -0.4 is 4.74 Å². The van der Waals surface area contributed by atoms with Gasteiger partial charge in [-0.15, -0.1) is 0 Å². The maximum atomic E-state index is 12.8. The van der Waals surface area contributed by atoms with Gasteiger partial charge in [0, 0.05) is 44.6 Å². The van der Waals surface area contributed by atoms with Crippen molar-refractivity contribution in [3.8, 4) is 5.75 Å². The van der Waals surface area contributed by atoms with Gasteiger partial charge in [-0.3, -0.25) is 9.69 Å². The maximum Gasteiger partial charge on any atom is 0.225 e. The Bertz CT molecular complexity index is 726. The van der Waals surface area contributed by atoms with Crippen molar-refractivity contribution in [1.82, 2.24) is 9.80 Å². The molecule has 0 spiro atoms. The van der Waals surface area contributed by atoms with Gasteiger partial charge >= 0.3 is 0 Å². The fourth-order valence-electron chi connectivity index (χ4n) is 5.22. The second-order valence-corrected chi connectivity index (χ2v) is 9.00. The molecule has 158 valence electrons. The number of amides is 1. The number of nitrogens with zero attached hydrogens (tertiary/aromatic N) is 2. The monoisotopic (exact) mass is 398 g/mol. The second kappa shape index (κ2) is 8.88. The lowest BCUT2D eigenvalue weighted by atomic mass is 9.75.